The highest BCUT2D eigenvalue weighted by atomic mass is 16.4. The van der Waals surface area contributed by atoms with Crippen LogP contribution in [0, 0.1) is 0 Å². The molecule has 1 aliphatic rings. The van der Waals surface area contributed by atoms with Crippen molar-refractivity contribution in [2.45, 2.75) is 26.2 Å². The van der Waals surface area contributed by atoms with E-state index in [9.17, 15) is 4.79 Å². The van der Waals surface area contributed by atoms with Gasteiger partial charge in [0.15, 0.2) is 0 Å². The first-order valence-electron chi connectivity index (χ1n) is 4.81. The Kier molecular flexibility index (Phi) is 3.96. The molecule has 0 unspecified atom stereocenters. The molecule has 0 atom stereocenters. The highest BCUT2D eigenvalue weighted by Gasteiger charge is 2.10. The molecule has 1 fully saturated rings. The van der Waals surface area contributed by atoms with Crippen LogP contribution in [0.3, 0.4) is 0 Å². The van der Waals surface area contributed by atoms with Crippen molar-refractivity contribution in [3.63, 3.8) is 0 Å². The van der Waals surface area contributed by atoms with E-state index in [0.29, 0.717) is 0 Å². The summed E-state index contributed by atoms with van der Waals surface area (Å²) >= 11 is 0. The number of hydrogen-bond acceptors (Lipinski definition) is 2. The van der Waals surface area contributed by atoms with Crippen LogP contribution >= 0.6 is 0 Å². The zero-order chi connectivity index (χ0) is 9.68. The molecule has 74 valence electrons. The lowest BCUT2D eigenvalue weighted by molar-refractivity contribution is -0.131. The Morgan fingerprint density at radius 2 is 2.08 bits per heavy atom. The monoisotopic (exact) mass is 183 g/mol. The summed E-state index contributed by atoms with van der Waals surface area (Å²) in [6.07, 6.45) is 4.77. The quantitative estimate of drug-likeness (QED) is 0.671. The van der Waals surface area contributed by atoms with Gasteiger partial charge in [0.2, 0.25) is 0 Å². The lowest BCUT2D eigenvalue weighted by atomic mass is 10.2. The minimum Gasteiger partial charge on any atom is -0.478 e. The zero-order valence-electron chi connectivity index (χ0n) is 8.12. The van der Waals surface area contributed by atoms with Gasteiger partial charge in [0.05, 0.1) is 0 Å². The van der Waals surface area contributed by atoms with Gasteiger partial charge in [0.25, 0.3) is 0 Å². The van der Waals surface area contributed by atoms with Gasteiger partial charge < -0.3 is 10.0 Å². The van der Waals surface area contributed by atoms with E-state index in [1.54, 1.807) is 0 Å². The number of likely N-dealkylation sites (tertiary alicyclic amines) is 1. The van der Waals surface area contributed by atoms with E-state index in [1.807, 2.05) is 6.92 Å². The van der Waals surface area contributed by atoms with Gasteiger partial charge >= 0.3 is 5.97 Å². The molecule has 0 aromatic rings. The Hall–Kier alpha value is -0.830. The van der Waals surface area contributed by atoms with Crippen LogP contribution in [0.1, 0.15) is 26.2 Å². The highest BCUT2D eigenvalue weighted by molar-refractivity contribution is 5.80. The molecule has 0 aromatic heterocycles. The summed E-state index contributed by atoms with van der Waals surface area (Å²) < 4.78 is 0. The molecular formula is C10H17NO2. The number of aliphatic carboxylic acids is 1. The standard InChI is InChI=1S/C10H17NO2/c1-9(8-10(12)13)4-7-11-5-2-3-6-11/h8H,2-7H2,1H3,(H,12,13)/b9-8-. The second kappa shape index (κ2) is 5.02. The summed E-state index contributed by atoms with van der Waals surface area (Å²) in [5.74, 6) is -0.834. The van der Waals surface area contributed by atoms with Crippen molar-refractivity contribution in [2.75, 3.05) is 19.6 Å². The predicted octanol–water partition coefficient (Wildman–Crippen LogP) is 1.50. The fourth-order valence-corrected chi connectivity index (χ4v) is 1.62. The van der Waals surface area contributed by atoms with E-state index in [1.165, 1.54) is 32.0 Å². The first-order chi connectivity index (χ1) is 6.18. The fourth-order valence-electron chi connectivity index (χ4n) is 1.62. The predicted molar refractivity (Wildman–Crippen MR) is 51.7 cm³/mol. The molecule has 1 heterocycles. The number of carbonyl (C=O) groups is 1. The average Bonchev–Trinajstić information content (AvgIpc) is 2.51. The van der Waals surface area contributed by atoms with Crippen LogP contribution in [0.2, 0.25) is 0 Å². The van der Waals surface area contributed by atoms with Crippen molar-refractivity contribution in [1.82, 2.24) is 4.90 Å². The molecule has 1 aliphatic heterocycles. The zero-order valence-corrected chi connectivity index (χ0v) is 8.12. The van der Waals surface area contributed by atoms with Gasteiger partial charge in [-0.1, -0.05) is 5.57 Å². The van der Waals surface area contributed by atoms with E-state index in [-0.39, 0.29) is 0 Å². The average molecular weight is 183 g/mol. The Bertz CT molecular complexity index is 205. The smallest absolute Gasteiger partial charge is 0.328 e. The Balaban J connectivity index is 2.21. The maximum absolute atomic E-state index is 10.3. The molecule has 13 heavy (non-hydrogen) atoms. The molecule has 3 heteroatoms. The third-order valence-electron chi connectivity index (χ3n) is 2.39. The topological polar surface area (TPSA) is 40.5 Å². The minimum absolute atomic E-state index is 0.834. The van der Waals surface area contributed by atoms with Gasteiger partial charge in [-0.15, -0.1) is 0 Å². The molecule has 1 rings (SSSR count). The molecule has 1 saturated heterocycles. The molecule has 0 spiro atoms. The van der Waals surface area contributed by atoms with Crippen molar-refractivity contribution in [3.05, 3.63) is 11.6 Å². The largest absolute Gasteiger partial charge is 0.478 e. The summed E-state index contributed by atoms with van der Waals surface area (Å²) in [7, 11) is 0. The normalized spacial score (nSPS) is 19.3. The Morgan fingerprint density at radius 3 is 2.62 bits per heavy atom. The number of hydrogen-bond donors (Lipinski definition) is 1. The van der Waals surface area contributed by atoms with Crippen molar-refractivity contribution < 1.29 is 9.90 Å². The molecule has 0 saturated carbocycles. The number of nitrogens with zero attached hydrogens (tertiary/aromatic N) is 1. The van der Waals surface area contributed by atoms with Crippen molar-refractivity contribution in [1.29, 1.82) is 0 Å². The number of carboxylic acids is 1. The number of rotatable bonds is 4. The summed E-state index contributed by atoms with van der Waals surface area (Å²) in [6, 6.07) is 0. The maximum atomic E-state index is 10.3. The minimum atomic E-state index is -0.834. The van der Waals surface area contributed by atoms with Crippen molar-refractivity contribution in [3.8, 4) is 0 Å². The summed E-state index contributed by atoms with van der Waals surface area (Å²) in [5, 5.41) is 8.49. The third kappa shape index (κ3) is 4.08. The van der Waals surface area contributed by atoms with Crippen LogP contribution in [0.15, 0.2) is 11.6 Å². The SMILES string of the molecule is C/C(=C/C(=O)O)CCN1CCCC1. The van der Waals surface area contributed by atoms with E-state index in [4.69, 9.17) is 5.11 Å². The van der Waals surface area contributed by atoms with Crippen LogP contribution in [0.25, 0.3) is 0 Å². The van der Waals surface area contributed by atoms with Crippen molar-refractivity contribution in [2.24, 2.45) is 0 Å². The van der Waals surface area contributed by atoms with E-state index >= 15 is 0 Å². The molecule has 0 aromatic carbocycles. The Morgan fingerprint density at radius 1 is 1.46 bits per heavy atom. The van der Waals surface area contributed by atoms with Gasteiger partial charge in [0, 0.05) is 12.6 Å². The Labute approximate surface area is 79.0 Å². The first-order valence-corrected chi connectivity index (χ1v) is 4.81. The molecule has 3 nitrogen and oxygen atoms in total. The molecule has 0 radical (unpaired) electrons. The van der Waals surface area contributed by atoms with E-state index in [0.717, 1.165) is 18.5 Å². The van der Waals surface area contributed by atoms with E-state index in [2.05, 4.69) is 4.90 Å². The lowest BCUT2D eigenvalue weighted by Gasteiger charge is -2.13. The summed E-state index contributed by atoms with van der Waals surface area (Å²) in [4.78, 5) is 12.7. The van der Waals surface area contributed by atoms with Gasteiger partial charge in [0.1, 0.15) is 0 Å². The number of carboxylic acid groups (broad SMARTS) is 1. The van der Waals surface area contributed by atoms with Crippen LogP contribution < -0.4 is 0 Å². The van der Waals surface area contributed by atoms with Crippen LogP contribution in [0.5, 0.6) is 0 Å². The lowest BCUT2D eigenvalue weighted by Crippen LogP contribution is -2.20. The van der Waals surface area contributed by atoms with Gasteiger partial charge in [-0.2, -0.15) is 0 Å². The highest BCUT2D eigenvalue weighted by Crippen LogP contribution is 2.09. The molecular weight excluding hydrogens is 166 g/mol. The van der Waals surface area contributed by atoms with Gasteiger partial charge in [-0.3, -0.25) is 0 Å². The first kappa shape index (κ1) is 10.3. The van der Waals surface area contributed by atoms with Crippen LogP contribution in [-0.4, -0.2) is 35.6 Å². The fraction of sp³-hybridized carbons (Fsp3) is 0.700. The summed E-state index contributed by atoms with van der Waals surface area (Å²) in [5.41, 5.74) is 0.958. The maximum Gasteiger partial charge on any atom is 0.328 e. The second-order valence-corrected chi connectivity index (χ2v) is 3.63. The second-order valence-electron chi connectivity index (χ2n) is 3.63. The molecule has 0 bridgehead atoms. The van der Waals surface area contributed by atoms with Gasteiger partial charge in [-0.25, -0.2) is 4.79 Å². The molecule has 0 aliphatic carbocycles. The van der Waals surface area contributed by atoms with Crippen molar-refractivity contribution >= 4 is 5.97 Å². The van der Waals surface area contributed by atoms with Gasteiger partial charge in [-0.05, 0) is 39.3 Å². The molecule has 1 N–H and O–H groups in total. The third-order valence-corrected chi connectivity index (χ3v) is 2.39. The van der Waals surface area contributed by atoms with Crippen LogP contribution in [-0.2, 0) is 4.79 Å². The molecule has 0 amide bonds. The van der Waals surface area contributed by atoms with Crippen LogP contribution in [0.4, 0.5) is 0 Å². The summed E-state index contributed by atoms with van der Waals surface area (Å²) in [6.45, 7) is 5.25. The van der Waals surface area contributed by atoms with E-state index < -0.39 is 5.97 Å².